The smallest absolute Gasteiger partial charge is 0.214 e. The predicted molar refractivity (Wildman–Crippen MR) is 93.5 cm³/mol. The Morgan fingerprint density at radius 1 is 1.33 bits per heavy atom. The molecule has 1 aromatic carbocycles. The summed E-state index contributed by atoms with van der Waals surface area (Å²) in [6.07, 6.45) is 3.56. The number of aromatic nitrogens is 2. The molecule has 0 amide bonds. The summed E-state index contributed by atoms with van der Waals surface area (Å²) >= 11 is 6.29. The molecule has 0 spiro atoms. The molecule has 1 aliphatic rings. The zero-order valence-electron chi connectivity index (χ0n) is 13.6. The zero-order chi connectivity index (χ0) is 17.3. The molecule has 24 heavy (non-hydrogen) atoms. The van der Waals surface area contributed by atoms with E-state index >= 15 is 0 Å². The lowest BCUT2D eigenvalue weighted by molar-refractivity contribution is 0.182. The van der Waals surface area contributed by atoms with Crippen molar-refractivity contribution in [1.29, 1.82) is 0 Å². The van der Waals surface area contributed by atoms with Gasteiger partial charge in [-0.25, -0.2) is 17.7 Å². The number of ether oxygens (including phenoxy) is 1. The van der Waals surface area contributed by atoms with Crippen LogP contribution in [0.25, 0.3) is 11.4 Å². The average molecular weight is 370 g/mol. The van der Waals surface area contributed by atoms with Gasteiger partial charge in [0.15, 0.2) is 0 Å². The largest absolute Gasteiger partial charge is 0.379 e. The molecule has 0 N–H and O–H groups in total. The number of halogens is 1. The van der Waals surface area contributed by atoms with Crippen LogP contribution in [0.15, 0.2) is 36.7 Å². The van der Waals surface area contributed by atoms with Gasteiger partial charge in [-0.15, -0.1) is 0 Å². The summed E-state index contributed by atoms with van der Waals surface area (Å²) < 4.78 is 33.3. The first-order chi connectivity index (χ1) is 11.4. The van der Waals surface area contributed by atoms with Crippen LogP contribution in [0.3, 0.4) is 0 Å². The second-order valence-corrected chi connectivity index (χ2v) is 8.70. The summed E-state index contributed by atoms with van der Waals surface area (Å²) in [5.41, 5.74) is 0.824. The predicted octanol–water partition coefficient (Wildman–Crippen LogP) is 2.28. The van der Waals surface area contributed by atoms with Crippen molar-refractivity contribution >= 4 is 21.6 Å². The second-order valence-electron chi connectivity index (χ2n) is 6.06. The SMILES string of the molecule is CN(C)S(=O)(=O)C[C@@H]1COC[C@H]1n1ccnc1-c1ccccc1Cl. The van der Waals surface area contributed by atoms with Gasteiger partial charge >= 0.3 is 0 Å². The van der Waals surface area contributed by atoms with Crippen LogP contribution in [0.1, 0.15) is 6.04 Å². The van der Waals surface area contributed by atoms with Crippen LogP contribution in [-0.2, 0) is 14.8 Å². The lowest BCUT2D eigenvalue weighted by Gasteiger charge is -2.22. The Hall–Kier alpha value is -1.41. The Kier molecular flexibility index (Phi) is 4.96. The number of sulfonamides is 1. The van der Waals surface area contributed by atoms with Gasteiger partial charge in [-0.1, -0.05) is 23.7 Å². The molecule has 0 unspecified atom stereocenters. The third kappa shape index (κ3) is 3.35. The molecule has 1 aliphatic heterocycles. The highest BCUT2D eigenvalue weighted by Crippen LogP contribution is 2.33. The van der Waals surface area contributed by atoms with E-state index in [4.69, 9.17) is 16.3 Å². The van der Waals surface area contributed by atoms with Crippen molar-refractivity contribution in [2.45, 2.75) is 6.04 Å². The third-order valence-corrected chi connectivity index (χ3v) is 6.58. The highest BCUT2D eigenvalue weighted by Gasteiger charge is 2.35. The van der Waals surface area contributed by atoms with Gasteiger partial charge in [0.05, 0.1) is 30.0 Å². The Labute approximate surface area is 147 Å². The Morgan fingerprint density at radius 3 is 2.79 bits per heavy atom. The lowest BCUT2D eigenvalue weighted by atomic mass is 10.1. The minimum absolute atomic E-state index is 0.0464. The van der Waals surface area contributed by atoms with Crippen LogP contribution in [0.4, 0.5) is 0 Å². The molecular weight excluding hydrogens is 350 g/mol. The van der Waals surface area contributed by atoms with Crippen molar-refractivity contribution in [1.82, 2.24) is 13.9 Å². The Bertz CT molecular complexity index is 819. The maximum Gasteiger partial charge on any atom is 0.214 e. The van der Waals surface area contributed by atoms with Gasteiger partial charge in [0.2, 0.25) is 10.0 Å². The van der Waals surface area contributed by atoms with E-state index in [1.165, 1.54) is 4.31 Å². The monoisotopic (exact) mass is 369 g/mol. The van der Waals surface area contributed by atoms with Gasteiger partial charge in [-0.05, 0) is 12.1 Å². The number of benzene rings is 1. The molecule has 0 saturated carbocycles. The molecule has 130 valence electrons. The molecule has 2 atom stereocenters. The Morgan fingerprint density at radius 2 is 2.08 bits per heavy atom. The molecule has 2 aromatic rings. The molecular formula is C16H20ClN3O3S. The molecule has 0 aliphatic carbocycles. The van der Waals surface area contributed by atoms with E-state index < -0.39 is 10.0 Å². The first kappa shape index (κ1) is 17.4. The molecule has 1 saturated heterocycles. The molecule has 2 heterocycles. The highest BCUT2D eigenvalue weighted by molar-refractivity contribution is 7.89. The van der Waals surface area contributed by atoms with Gasteiger partial charge in [0, 0.05) is 38.0 Å². The fourth-order valence-corrected chi connectivity index (χ4v) is 4.28. The van der Waals surface area contributed by atoms with Gasteiger partial charge in [-0.3, -0.25) is 0 Å². The Balaban J connectivity index is 1.92. The number of hydrogen-bond acceptors (Lipinski definition) is 4. The fourth-order valence-electron chi connectivity index (χ4n) is 2.91. The number of imidazole rings is 1. The minimum Gasteiger partial charge on any atom is -0.379 e. The fraction of sp³-hybridized carbons (Fsp3) is 0.438. The molecule has 0 bridgehead atoms. The molecule has 1 fully saturated rings. The molecule has 6 nitrogen and oxygen atoms in total. The maximum absolute atomic E-state index is 12.2. The van der Waals surface area contributed by atoms with Crippen LogP contribution in [0.2, 0.25) is 5.02 Å². The van der Waals surface area contributed by atoms with Gasteiger partial charge in [0.1, 0.15) is 5.82 Å². The van der Waals surface area contributed by atoms with Crippen molar-refractivity contribution in [3.63, 3.8) is 0 Å². The van der Waals surface area contributed by atoms with Gasteiger partial charge < -0.3 is 9.30 Å². The summed E-state index contributed by atoms with van der Waals surface area (Å²) in [7, 11) is -0.201. The van der Waals surface area contributed by atoms with E-state index in [1.54, 1.807) is 20.3 Å². The van der Waals surface area contributed by atoms with Gasteiger partial charge in [-0.2, -0.15) is 0 Å². The van der Waals surface area contributed by atoms with Crippen molar-refractivity contribution in [3.8, 4) is 11.4 Å². The third-order valence-electron chi connectivity index (χ3n) is 4.29. The average Bonchev–Trinajstić information content (AvgIpc) is 3.15. The summed E-state index contributed by atoms with van der Waals surface area (Å²) in [5.74, 6) is 0.640. The van der Waals surface area contributed by atoms with E-state index in [-0.39, 0.29) is 17.7 Å². The number of hydrogen-bond donors (Lipinski definition) is 0. The first-order valence-corrected chi connectivity index (χ1v) is 9.64. The maximum atomic E-state index is 12.2. The number of rotatable bonds is 5. The van der Waals surface area contributed by atoms with Crippen molar-refractivity contribution in [2.24, 2.45) is 5.92 Å². The summed E-state index contributed by atoms with van der Waals surface area (Å²) in [6, 6.07) is 7.40. The summed E-state index contributed by atoms with van der Waals surface area (Å²) in [4.78, 5) is 4.42. The van der Waals surface area contributed by atoms with Crippen LogP contribution in [0.5, 0.6) is 0 Å². The van der Waals surface area contributed by atoms with Gasteiger partial charge in [0.25, 0.3) is 0 Å². The normalized spacial score (nSPS) is 21.5. The second kappa shape index (κ2) is 6.84. The van der Waals surface area contributed by atoms with Crippen LogP contribution in [0, 0.1) is 5.92 Å². The quantitative estimate of drug-likeness (QED) is 0.811. The van der Waals surface area contributed by atoms with E-state index in [9.17, 15) is 8.42 Å². The van der Waals surface area contributed by atoms with E-state index in [1.807, 2.05) is 35.0 Å². The summed E-state index contributed by atoms with van der Waals surface area (Å²) in [6.45, 7) is 0.874. The van der Waals surface area contributed by atoms with Crippen molar-refractivity contribution in [2.75, 3.05) is 33.1 Å². The van der Waals surface area contributed by atoms with Crippen molar-refractivity contribution in [3.05, 3.63) is 41.7 Å². The molecule has 0 radical (unpaired) electrons. The topological polar surface area (TPSA) is 64.4 Å². The van der Waals surface area contributed by atoms with E-state index in [0.29, 0.717) is 18.2 Å². The molecule has 8 heteroatoms. The minimum atomic E-state index is -3.30. The van der Waals surface area contributed by atoms with E-state index in [0.717, 1.165) is 11.4 Å². The zero-order valence-corrected chi connectivity index (χ0v) is 15.2. The standard InChI is InChI=1S/C16H20ClN3O3S/c1-19(2)24(21,22)11-12-9-23-10-15(12)20-8-7-18-16(20)13-5-3-4-6-14(13)17/h3-8,12,15H,9-11H2,1-2H3/t12-,15+/m0/s1. The number of nitrogens with zero attached hydrogens (tertiary/aromatic N) is 3. The van der Waals surface area contributed by atoms with E-state index in [2.05, 4.69) is 4.98 Å². The van der Waals surface area contributed by atoms with Crippen molar-refractivity contribution < 1.29 is 13.2 Å². The van der Waals surface area contributed by atoms with Crippen LogP contribution in [-0.4, -0.2) is 55.3 Å². The highest BCUT2D eigenvalue weighted by atomic mass is 35.5. The van der Waals surface area contributed by atoms with Crippen LogP contribution < -0.4 is 0 Å². The van der Waals surface area contributed by atoms with Crippen LogP contribution >= 0.6 is 11.6 Å². The lowest BCUT2D eigenvalue weighted by Crippen LogP contribution is -2.32. The first-order valence-electron chi connectivity index (χ1n) is 7.66. The molecule has 1 aromatic heterocycles. The molecule has 3 rings (SSSR count). The summed E-state index contributed by atoms with van der Waals surface area (Å²) in [5, 5.41) is 0.612.